The summed E-state index contributed by atoms with van der Waals surface area (Å²) in [6, 6.07) is 11.2. The molecule has 1 N–H and O–H groups in total. The Balaban J connectivity index is 1.66. The number of anilines is 1. The monoisotopic (exact) mass is 357 g/mol. The molecule has 0 bridgehead atoms. The van der Waals surface area contributed by atoms with Crippen LogP contribution in [0.15, 0.2) is 53.8 Å². The number of halogens is 1. The van der Waals surface area contributed by atoms with E-state index in [1.54, 1.807) is 6.20 Å². The number of amides is 1. The quantitative estimate of drug-likeness (QED) is 0.686. The fraction of sp³-hybridized carbons (Fsp3) is 0.176. The predicted octanol–water partition coefficient (Wildman–Crippen LogP) is 3.23. The zero-order valence-corrected chi connectivity index (χ0v) is 14.3. The van der Waals surface area contributed by atoms with E-state index in [0.717, 1.165) is 5.69 Å². The van der Waals surface area contributed by atoms with Crippen LogP contribution < -0.4 is 5.32 Å². The van der Waals surface area contributed by atoms with E-state index < -0.39 is 0 Å². The van der Waals surface area contributed by atoms with Crippen LogP contribution in [0.4, 0.5) is 10.1 Å². The zero-order valence-electron chi connectivity index (χ0n) is 13.5. The molecule has 0 atom stereocenters. The van der Waals surface area contributed by atoms with Gasteiger partial charge in [0, 0.05) is 18.4 Å². The first-order valence-electron chi connectivity index (χ1n) is 7.70. The summed E-state index contributed by atoms with van der Waals surface area (Å²) in [7, 11) is 0. The van der Waals surface area contributed by atoms with E-state index in [-0.39, 0.29) is 17.5 Å². The second-order valence-corrected chi connectivity index (χ2v) is 6.05. The number of carbonyl (C=O) groups excluding carboxylic acids is 1. The van der Waals surface area contributed by atoms with Crippen molar-refractivity contribution in [2.75, 3.05) is 11.1 Å². The first-order chi connectivity index (χ1) is 12.2. The third kappa shape index (κ3) is 4.21. The van der Waals surface area contributed by atoms with Gasteiger partial charge in [-0.1, -0.05) is 17.8 Å². The summed E-state index contributed by atoms with van der Waals surface area (Å²) < 4.78 is 14.8. The highest BCUT2D eigenvalue weighted by molar-refractivity contribution is 7.99. The molecule has 128 valence electrons. The lowest BCUT2D eigenvalue weighted by Gasteiger charge is -2.07. The van der Waals surface area contributed by atoms with Crippen molar-refractivity contribution in [1.82, 2.24) is 19.7 Å². The number of benzene rings is 1. The Morgan fingerprint density at radius 3 is 2.68 bits per heavy atom. The molecular weight excluding hydrogens is 341 g/mol. The molecule has 0 aliphatic carbocycles. The number of nitrogens with zero attached hydrogens (tertiary/aromatic N) is 4. The van der Waals surface area contributed by atoms with Crippen molar-refractivity contribution in [1.29, 1.82) is 0 Å². The molecule has 3 aromatic rings. The van der Waals surface area contributed by atoms with Gasteiger partial charge in [0.2, 0.25) is 5.91 Å². The highest BCUT2D eigenvalue weighted by atomic mass is 32.2. The van der Waals surface area contributed by atoms with Crippen molar-refractivity contribution < 1.29 is 9.18 Å². The van der Waals surface area contributed by atoms with E-state index in [4.69, 9.17) is 0 Å². The van der Waals surface area contributed by atoms with Gasteiger partial charge in [-0.25, -0.2) is 4.39 Å². The van der Waals surface area contributed by atoms with Gasteiger partial charge in [0.25, 0.3) is 0 Å². The minimum atomic E-state index is -0.342. The molecule has 0 fully saturated rings. The number of pyridine rings is 1. The lowest BCUT2D eigenvalue weighted by Crippen LogP contribution is -2.14. The van der Waals surface area contributed by atoms with Crippen LogP contribution in [-0.2, 0) is 11.3 Å². The van der Waals surface area contributed by atoms with Gasteiger partial charge in [-0.15, -0.1) is 10.2 Å². The first kappa shape index (κ1) is 17.1. The molecular formula is C17H16FN5OS. The Bertz CT molecular complexity index is 851. The number of hydrogen-bond acceptors (Lipinski definition) is 5. The van der Waals surface area contributed by atoms with Crippen molar-refractivity contribution >= 4 is 23.4 Å². The van der Waals surface area contributed by atoms with E-state index >= 15 is 0 Å². The van der Waals surface area contributed by atoms with Crippen molar-refractivity contribution in [3.8, 4) is 11.5 Å². The molecule has 0 radical (unpaired) electrons. The SMILES string of the molecule is CCn1c(SCC(=O)Nc2ccc(F)cc2)nnc1-c1ccccn1. The van der Waals surface area contributed by atoms with Crippen molar-refractivity contribution in [3.05, 3.63) is 54.5 Å². The average molecular weight is 357 g/mol. The maximum absolute atomic E-state index is 12.9. The molecule has 0 saturated heterocycles. The Hall–Kier alpha value is -2.74. The minimum Gasteiger partial charge on any atom is -0.325 e. The van der Waals surface area contributed by atoms with E-state index in [0.29, 0.717) is 23.2 Å². The van der Waals surface area contributed by atoms with E-state index in [1.165, 1.54) is 36.0 Å². The standard InChI is InChI=1S/C17H16FN5OS/c1-2-23-16(14-5-3-4-10-19-14)21-22-17(23)25-11-15(24)20-13-8-6-12(18)7-9-13/h3-10H,2,11H2,1H3,(H,20,24). The molecule has 25 heavy (non-hydrogen) atoms. The van der Waals surface area contributed by atoms with Crippen molar-refractivity contribution in [2.24, 2.45) is 0 Å². The second kappa shape index (κ2) is 7.89. The molecule has 0 saturated carbocycles. The van der Waals surface area contributed by atoms with E-state index in [1.807, 2.05) is 29.7 Å². The summed E-state index contributed by atoms with van der Waals surface area (Å²) in [6.07, 6.45) is 1.70. The van der Waals surface area contributed by atoms with Gasteiger partial charge in [0.05, 0.1) is 5.75 Å². The summed E-state index contributed by atoms with van der Waals surface area (Å²) in [4.78, 5) is 16.3. The molecule has 1 amide bonds. The predicted molar refractivity (Wildman–Crippen MR) is 94.7 cm³/mol. The first-order valence-corrected chi connectivity index (χ1v) is 8.68. The average Bonchev–Trinajstić information content (AvgIpc) is 3.05. The number of rotatable bonds is 6. The molecule has 1 aromatic carbocycles. The third-order valence-corrected chi connectivity index (χ3v) is 4.35. The topological polar surface area (TPSA) is 72.7 Å². The van der Waals surface area contributed by atoms with Crippen LogP contribution in [0, 0.1) is 5.82 Å². The number of thioether (sulfide) groups is 1. The molecule has 2 aromatic heterocycles. The summed E-state index contributed by atoms with van der Waals surface area (Å²) in [5.74, 6) is 0.314. The Morgan fingerprint density at radius 2 is 2.00 bits per heavy atom. The van der Waals surface area contributed by atoms with Gasteiger partial charge in [0.1, 0.15) is 11.5 Å². The van der Waals surface area contributed by atoms with Crippen LogP contribution in [0.1, 0.15) is 6.92 Å². The van der Waals surface area contributed by atoms with Crippen LogP contribution in [0.3, 0.4) is 0 Å². The van der Waals surface area contributed by atoms with Gasteiger partial charge in [-0.05, 0) is 43.3 Å². The van der Waals surface area contributed by atoms with Crippen LogP contribution in [0.2, 0.25) is 0 Å². The van der Waals surface area contributed by atoms with Gasteiger partial charge in [-0.3, -0.25) is 9.78 Å². The summed E-state index contributed by atoms with van der Waals surface area (Å²) >= 11 is 1.29. The zero-order chi connectivity index (χ0) is 17.6. The minimum absolute atomic E-state index is 0.178. The van der Waals surface area contributed by atoms with Crippen LogP contribution >= 0.6 is 11.8 Å². The van der Waals surface area contributed by atoms with Gasteiger partial charge in [0.15, 0.2) is 11.0 Å². The van der Waals surface area contributed by atoms with Gasteiger partial charge >= 0.3 is 0 Å². The highest BCUT2D eigenvalue weighted by Crippen LogP contribution is 2.22. The summed E-state index contributed by atoms with van der Waals surface area (Å²) in [5, 5.41) is 11.7. The normalized spacial score (nSPS) is 10.6. The van der Waals surface area contributed by atoms with Gasteiger partial charge < -0.3 is 9.88 Å². The number of carbonyl (C=O) groups is 1. The molecule has 8 heteroatoms. The molecule has 6 nitrogen and oxygen atoms in total. The maximum Gasteiger partial charge on any atom is 0.234 e. The Kier molecular flexibility index (Phi) is 5.39. The van der Waals surface area contributed by atoms with Gasteiger partial charge in [-0.2, -0.15) is 0 Å². The molecule has 0 aliphatic rings. The third-order valence-electron chi connectivity index (χ3n) is 3.39. The van der Waals surface area contributed by atoms with E-state index in [2.05, 4.69) is 20.5 Å². The van der Waals surface area contributed by atoms with Crippen LogP contribution in [0.25, 0.3) is 11.5 Å². The summed E-state index contributed by atoms with van der Waals surface area (Å²) in [6.45, 7) is 2.65. The Morgan fingerprint density at radius 1 is 1.20 bits per heavy atom. The summed E-state index contributed by atoms with van der Waals surface area (Å²) in [5.41, 5.74) is 1.29. The lowest BCUT2D eigenvalue weighted by atomic mass is 10.3. The second-order valence-electron chi connectivity index (χ2n) is 5.11. The number of nitrogens with one attached hydrogen (secondary N) is 1. The van der Waals surface area contributed by atoms with Crippen LogP contribution in [0.5, 0.6) is 0 Å². The van der Waals surface area contributed by atoms with Crippen molar-refractivity contribution in [2.45, 2.75) is 18.6 Å². The molecule has 2 heterocycles. The smallest absolute Gasteiger partial charge is 0.234 e. The van der Waals surface area contributed by atoms with E-state index in [9.17, 15) is 9.18 Å². The lowest BCUT2D eigenvalue weighted by molar-refractivity contribution is -0.113. The number of hydrogen-bond donors (Lipinski definition) is 1. The molecule has 0 spiro atoms. The highest BCUT2D eigenvalue weighted by Gasteiger charge is 2.15. The van der Waals surface area contributed by atoms with Crippen LogP contribution in [-0.4, -0.2) is 31.4 Å². The number of aromatic nitrogens is 4. The fourth-order valence-electron chi connectivity index (χ4n) is 2.23. The largest absolute Gasteiger partial charge is 0.325 e. The molecule has 0 aliphatic heterocycles. The Labute approximate surface area is 148 Å². The fourth-order valence-corrected chi connectivity index (χ4v) is 3.03. The maximum atomic E-state index is 12.9. The molecule has 3 rings (SSSR count). The van der Waals surface area contributed by atoms with Crippen molar-refractivity contribution in [3.63, 3.8) is 0 Å². The molecule has 0 unspecified atom stereocenters.